The minimum Gasteiger partial charge on any atom is -0.480 e. The first-order valence-electron chi connectivity index (χ1n) is 13.0. The maximum atomic E-state index is 12.8. The maximum Gasteiger partial charge on any atom is 0.326 e. The number of aliphatic carboxylic acids is 1. The summed E-state index contributed by atoms with van der Waals surface area (Å²) in [5.74, 6) is 0.771. The number of ether oxygens (including phenoxy) is 1. The molecule has 0 bridgehead atoms. The second kappa shape index (κ2) is 10.8. The van der Waals surface area contributed by atoms with Crippen molar-refractivity contribution in [3.8, 4) is 0 Å². The maximum absolute atomic E-state index is 12.8. The molecule has 2 aliphatic carbocycles. The Labute approximate surface area is 206 Å². The second-order valence-corrected chi connectivity index (χ2v) is 10.2. The second-order valence-electron chi connectivity index (χ2n) is 10.2. The number of pyridine rings is 1. The van der Waals surface area contributed by atoms with Crippen LogP contribution in [0.2, 0.25) is 0 Å². The number of nitrogens with zero attached hydrogens (tertiary/aromatic N) is 1. The molecule has 7 nitrogen and oxygen atoms in total. The molecule has 35 heavy (non-hydrogen) atoms. The number of rotatable bonds is 11. The number of carbonyl (C=O) groups is 2. The summed E-state index contributed by atoms with van der Waals surface area (Å²) in [7, 11) is 0. The molecule has 0 radical (unpaired) electrons. The summed E-state index contributed by atoms with van der Waals surface area (Å²) in [4.78, 5) is 29.3. The van der Waals surface area contributed by atoms with E-state index >= 15 is 0 Å². The molecule has 5 rings (SSSR count). The van der Waals surface area contributed by atoms with Gasteiger partial charge in [-0.1, -0.05) is 24.3 Å². The number of carbonyl (C=O) groups excluding carboxylic acids is 1. The van der Waals surface area contributed by atoms with Crippen LogP contribution >= 0.6 is 0 Å². The SMILES string of the molecule is O=C(N[C@@H](CCOC1CC(CCc2ccc3c(n2)NCCC3)C1)C(=O)O)c1ccccc1C1CC1. The minimum atomic E-state index is -1.02. The van der Waals surface area contributed by atoms with E-state index in [9.17, 15) is 14.7 Å². The molecule has 1 aromatic heterocycles. The molecule has 1 aliphatic heterocycles. The Morgan fingerprint density at radius 1 is 1.17 bits per heavy atom. The average molecular weight is 478 g/mol. The number of hydrogen-bond acceptors (Lipinski definition) is 5. The van der Waals surface area contributed by atoms with Gasteiger partial charge in [-0.3, -0.25) is 4.79 Å². The number of benzene rings is 1. The van der Waals surface area contributed by atoms with Crippen molar-refractivity contribution in [3.05, 3.63) is 58.8 Å². The lowest BCUT2D eigenvalue weighted by molar-refractivity contribution is -0.140. The van der Waals surface area contributed by atoms with Gasteiger partial charge in [-0.25, -0.2) is 9.78 Å². The van der Waals surface area contributed by atoms with Crippen molar-refractivity contribution in [1.29, 1.82) is 0 Å². The fraction of sp³-hybridized carbons (Fsp3) is 0.536. The van der Waals surface area contributed by atoms with Gasteiger partial charge in [0.1, 0.15) is 11.9 Å². The predicted octanol–water partition coefficient (Wildman–Crippen LogP) is 4.32. The molecular weight excluding hydrogens is 442 g/mol. The van der Waals surface area contributed by atoms with E-state index in [2.05, 4.69) is 22.8 Å². The lowest BCUT2D eigenvalue weighted by atomic mass is 9.79. The van der Waals surface area contributed by atoms with Crippen molar-refractivity contribution in [2.24, 2.45) is 5.92 Å². The smallest absolute Gasteiger partial charge is 0.326 e. The zero-order valence-electron chi connectivity index (χ0n) is 20.2. The standard InChI is InChI=1S/C28H35N3O4/c32-27(24-6-2-1-5-23(24)19-8-9-19)31-25(28(33)34)13-15-35-22-16-18(17-22)7-11-21-12-10-20-4-3-14-29-26(20)30-21/h1-2,5-6,10,12,18-19,22,25H,3-4,7-9,11,13-17H2,(H,29,30)(H,31,32)(H,33,34)/t18?,22?,25-/m0/s1. The topological polar surface area (TPSA) is 101 Å². The van der Waals surface area contributed by atoms with E-state index in [0.29, 0.717) is 24.0 Å². The van der Waals surface area contributed by atoms with Crippen molar-refractivity contribution < 1.29 is 19.4 Å². The number of aryl methyl sites for hydroxylation is 2. The summed E-state index contributed by atoms with van der Waals surface area (Å²) in [5.41, 5.74) is 4.08. The number of anilines is 1. The molecule has 0 unspecified atom stereocenters. The molecule has 2 fully saturated rings. The van der Waals surface area contributed by atoms with Gasteiger partial charge in [0.15, 0.2) is 0 Å². The molecule has 2 saturated carbocycles. The van der Waals surface area contributed by atoms with Crippen LogP contribution in [0.15, 0.2) is 36.4 Å². The number of aromatic nitrogens is 1. The number of amides is 1. The number of carboxylic acid groups (broad SMARTS) is 1. The lowest BCUT2D eigenvalue weighted by Crippen LogP contribution is -2.42. The highest BCUT2D eigenvalue weighted by Crippen LogP contribution is 2.41. The van der Waals surface area contributed by atoms with Crippen LogP contribution in [0.1, 0.15) is 78.0 Å². The molecule has 2 heterocycles. The number of nitrogens with one attached hydrogen (secondary N) is 2. The summed E-state index contributed by atoms with van der Waals surface area (Å²) >= 11 is 0. The van der Waals surface area contributed by atoms with Gasteiger partial charge in [-0.15, -0.1) is 0 Å². The highest BCUT2D eigenvalue weighted by Gasteiger charge is 2.31. The molecule has 7 heteroatoms. The van der Waals surface area contributed by atoms with Crippen LogP contribution in [0.4, 0.5) is 5.82 Å². The molecule has 1 amide bonds. The first kappa shape index (κ1) is 23.8. The van der Waals surface area contributed by atoms with Crippen molar-refractivity contribution in [2.45, 2.75) is 75.9 Å². The van der Waals surface area contributed by atoms with E-state index in [1.54, 1.807) is 6.07 Å². The summed E-state index contributed by atoms with van der Waals surface area (Å²) in [6.07, 6.45) is 8.97. The van der Waals surface area contributed by atoms with Gasteiger partial charge >= 0.3 is 5.97 Å². The fourth-order valence-corrected chi connectivity index (χ4v) is 5.21. The van der Waals surface area contributed by atoms with Crippen LogP contribution in [0.5, 0.6) is 0 Å². The zero-order valence-corrected chi connectivity index (χ0v) is 20.2. The van der Waals surface area contributed by atoms with Crippen molar-refractivity contribution in [1.82, 2.24) is 10.3 Å². The third kappa shape index (κ3) is 6.01. The molecule has 3 N–H and O–H groups in total. The first-order chi connectivity index (χ1) is 17.1. The summed E-state index contributed by atoms with van der Waals surface area (Å²) in [5, 5.41) is 15.7. The molecule has 2 aromatic rings. The van der Waals surface area contributed by atoms with Gasteiger partial charge in [0.25, 0.3) is 5.91 Å². The molecular formula is C28H35N3O4. The molecule has 0 saturated heterocycles. The Balaban J connectivity index is 1.02. The van der Waals surface area contributed by atoms with E-state index < -0.39 is 12.0 Å². The van der Waals surface area contributed by atoms with E-state index in [1.165, 1.54) is 12.0 Å². The monoisotopic (exact) mass is 477 g/mol. The summed E-state index contributed by atoms with van der Waals surface area (Å²) in [6.45, 7) is 1.34. The minimum absolute atomic E-state index is 0.180. The predicted molar refractivity (Wildman–Crippen MR) is 134 cm³/mol. The molecule has 3 aliphatic rings. The zero-order chi connectivity index (χ0) is 24.2. The molecule has 0 spiro atoms. The van der Waals surface area contributed by atoms with E-state index in [0.717, 1.165) is 68.6 Å². The summed E-state index contributed by atoms with van der Waals surface area (Å²) < 4.78 is 5.93. The Morgan fingerprint density at radius 3 is 2.80 bits per heavy atom. The number of carboxylic acids is 1. The third-order valence-electron chi connectivity index (χ3n) is 7.54. The van der Waals surface area contributed by atoms with Crippen LogP contribution < -0.4 is 10.6 Å². The van der Waals surface area contributed by atoms with Crippen LogP contribution in [-0.2, 0) is 22.4 Å². The van der Waals surface area contributed by atoms with Crippen LogP contribution in [0.3, 0.4) is 0 Å². The third-order valence-corrected chi connectivity index (χ3v) is 7.54. The van der Waals surface area contributed by atoms with Gasteiger partial charge in [-0.05, 0) is 86.5 Å². The Bertz CT molecular complexity index is 1060. The van der Waals surface area contributed by atoms with Gasteiger partial charge < -0.3 is 20.5 Å². The van der Waals surface area contributed by atoms with Crippen LogP contribution in [0.25, 0.3) is 0 Å². The Morgan fingerprint density at radius 2 is 2.00 bits per heavy atom. The van der Waals surface area contributed by atoms with Crippen molar-refractivity contribution in [2.75, 3.05) is 18.5 Å². The number of hydrogen-bond donors (Lipinski definition) is 3. The lowest BCUT2D eigenvalue weighted by Gasteiger charge is -2.35. The number of fused-ring (bicyclic) bond motifs is 1. The van der Waals surface area contributed by atoms with Gasteiger partial charge in [0.2, 0.25) is 0 Å². The molecule has 1 atom stereocenters. The summed E-state index contributed by atoms with van der Waals surface area (Å²) in [6, 6.07) is 10.9. The molecule has 1 aromatic carbocycles. The van der Waals surface area contributed by atoms with E-state index in [4.69, 9.17) is 9.72 Å². The largest absolute Gasteiger partial charge is 0.480 e. The van der Waals surface area contributed by atoms with E-state index in [1.807, 2.05) is 18.2 Å². The van der Waals surface area contributed by atoms with Crippen molar-refractivity contribution in [3.63, 3.8) is 0 Å². The first-order valence-corrected chi connectivity index (χ1v) is 13.0. The highest BCUT2D eigenvalue weighted by atomic mass is 16.5. The Kier molecular flexibility index (Phi) is 7.32. The normalized spacial score (nSPS) is 21.8. The van der Waals surface area contributed by atoms with Crippen LogP contribution in [0, 0.1) is 5.92 Å². The fourth-order valence-electron chi connectivity index (χ4n) is 5.21. The van der Waals surface area contributed by atoms with E-state index in [-0.39, 0.29) is 18.4 Å². The van der Waals surface area contributed by atoms with Gasteiger partial charge in [-0.2, -0.15) is 0 Å². The van der Waals surface area contributed by atoms with Gasteiger partial charge in [0.05, 0.1) is 6.10 Å². The Hall–Kier alpha value is -2.93. The van der Waals surface area contributed by atoms with Crippen molar-refractivity contribution >= 4 is 17.7 Å². The van der Waals surface area contributed by atoms with Crippen LogP contribution in [-0.4, -0.2) is 47.3 Å². The molecule has 186 valence electrons. The van der Waals surface area contributed by atoms with Gasteiger partial charge in [0, 0.05) is 30.8 Å². The quantitative estimate of drug-likeness (QED) is 0.446. The highest BCUT2D eigenvalue weighted by molar-refractivity contribution is 5.98. The average Bonchev–Trinajstić information content (AvgIpc) is 3.69.